The number of rotatable bonds is 9. The standard InChI is InChI=1S/C15H33N3O.H2/c1-5-6-17(4)7-8-18-9-10-19-15(13-18)12-16-11-14(2)3;/h14-16H,5-13H2,1-4H3;1H/t15-;/m1./s1. The lowest BCUT2D eigenvalue weighted by Crippen LogP contribution is -2.48. The Hall–Kier alpha value is -0.160. The molecule has 0 radical (unpaired) electrons. The predicted molar refractivity (Wildman–Crippen MR) is 83.8 cm³/mol. The molecule has 1 heterocycles. The zero-order valence-corrected chi connectivity index (χ0v) is 13.3. The summed E-state index contributed by atoms with van der Waals surface area (Å²) < 4.78 is 5.83. The quantitative estimate of drug-likeness (QED) is 0.689. The molecule has 1 aliphatic heterocycles. The summed E-state index contributed by atoms with van der Waals surface area (Å²) in [6, 6.07) is 0. The van der Waals surface area contributed by atoms with Crippen molar-refractivity contribution in [2.45, 2.75) is 33.3 Å². The van der Waals surface area contributed by atoms with Crippen molar-refractivity contribution < 1.29 is 6.16 Å². The number of morpholine rings is 1. The van der Waals surface area contributed by atoms with Crippen molar-refractivity contribution in [3.8, 4) is 0 Å². The Morgan fingerprint density at radius 3 is 2.89 bits per heavy atom. The average Bonchev–Trinajstić information content (AvgIpc) is 2.37. The molecule has 0 aromatic rings. The molecule has 1 aliphatic rings. The van der Waals surface area contributed by atoms with Crippen LogP contribution in [-0.4, -0.2) is 75.4 Å². The molecule has 4 heteroatoms. The highest BCUT2D eigenvalue weighted by atomic mass is 16.5. The molecular weight excluding hydrogens is 238 g/mol. The van der Waals surface area contributed by atoms with Gasteiger partial charge in [0.2, 0.25) is 0 Å². The second-order valence-electron chi connectivity index (χ2n) is 6.15. The Labute approximate surface area is 121 Å². The first-order valence-electron chi connectivity index (χ1n) is 7.85. The minimum Gasteiger partial charge on any atom is -0.374 e. The lowest BCUT2D eigenvalue weighted by atomic mass is 10.2. The topological polar surface area (TPSA) is 27.7 Å². The Kier molecular flexibility index (Phi) is 8.62. The molecule has 0 aromatic carbocycles. The lowest BCUT2D eigenvalue weighted by molar-refractivity contribution is -0.0288. The maximum Gasteiger partial charge on any atom is 0.0826 e. The zero-order chi connectivity index (χ0) is 14.1. The van der Waals surface area contributed by atoms with E-state index in [0.29, 0.717) is 12.0 Å². The zero-order valence-electron chi connectivity index (χ0n) is 13.3. The van der Waals surface area contributed by atoms with Crippen molar-refractivity contribution >= 4 is 0 Å². The van der Waals surface area contributed by atoms with Gasteiger partial charge in [0.25, 0.3) is 0 Å². The molecule has 0 unspecified atom stereocenters. The number of hydrogen-bond donors (Lipinski definition) is 1. The van der Waals surface area contributed by atoms with Gasteiger partial charge in [-0.15, -0.1) is 0 Å². The molecule has 1 fully saturated rings. The average molecular weight is 273 g/mol. The van der Waals surface area contributed by atoms with E-state index in [-0.39, 0.29) is 1.43 Å². The van der Waals surface area contributed by atoms with Crippen LogP contribution in [0.4, 0.5) is 0 Å². The van der Waals surface area contributed by atoms with E-state index in [1.807, 2.05) is 0 Å². The van der Waals surface area contributed by atoms with E-state index in [2.05, 4.69) is 42.9 Å². The molecule has 116 valence electrons. The fourth-order valence-electron chi connectivity index (χ4n) is 2.45. The van der Waals surface area contributed by atoms with E-state index in [9.17, 15) is 0 Å². The summed E-state index contributed by atoms with van der Waals surface area (Å²) in [6.07, 6.45) is 1.60. The van der Waals surface area contributed by atoms with Gasteiger partial charge < -0.3 is 15.0 Å². The maximum absolute atomic E-state index is 5.83. The number of nitrogens with one attached hydrogen (secondary N) is 1. The van der Waals surface area contributed by atoms with Gasteiger partial charge in [-0.3, -0.25) is 4.90 Å². The molecule has 19 heavy (non-hydrogen) atoms. The van der Waals surface area contributed by atoms with Gasteiger partial charge in [-0.25, -0.2) is 0 Å². The Balaban J connectivity index is 0.00000361. The van der Waals surface area contributed by atoms with Crippen LogP contribution in [0.15, 0.2) is 0 Å². The second kappa shape index (κ2) is 9.70. The van der Waals surface area contributed by atoms with E-state index < -0.39 is 0 Å². The Morgan fingerprint density at radius 2 is 2.21 bits per heavy atom. The molecule has 1 saturated heterocycles. The van der Waals surface area contributed by atoms with Crippen LogP contribution in [0.1, 0.15) is 28.6 Å². The minimum absolute atomic E-state index is 0. The van der Waals surface area contributed by atoms with Gasteiger partial charge in [0.15, 0.2) is 0 Å². The summed E-state index contributed by atoms with van der Waals surface area (Å²) in [5.41, 5.74) is 0. The largest absolute Gasteiger partial charge is 0.374 e. The van der Waals surface area contributed by atoms with E-state index in [0.717, 1.165) is 32.8 Å². The predicted octanol–water partition coefficient (Wildman–Crippen LogP) is 1.52. The molecule has 1 N–H and O–H groups in total. The third kappa shape index (κ3) is 7.88. The first-order chi connectivity index (χ1) is 9.11. The molecule has 1 atom stereocenters. The summed E-state index contributed by atoms with van der Waals surface area (Å²) in [4.78, 5) is 4.96. The maximum atomic E-state index is 5.83. The number of hydrogen-bond acceptors (Lipinski definition) is 4. The van der Waals surface area contributed by atoms with Gasteiger partial charge in [-0.1, -0.05) is 20.8 Å². The van der Waals surface area contributed by atoms with Gasteiger partial charge in [0.1, 0.15) is 0 Å². The van der Waals surface area contributed by atoms with Crippen molar-refractivity contribution in [1.82, 2.24) is 15.1 Å². The van der Waals surface area contributed by atoms with Gasteiger partial charge in [-0.05, 0) is 32.5 Å². The monoisotopic (exact) mass is 273 g/mol. The smallest absolute Gasteiger partial charge is 0.0826 e. The highest BCUT2D eigenvalue weighted by molar-refractivity contribution is 4.74. The highest BCUT2D eigenvalue weighted by Crippen LogP contribution is 2.04. The third-order valence-corrected chi connectivity index (χ3v) is 3.55. The van der Waals surface area contributed by atoms with Gasteiger partial charge in [0, 0.05) is 34.2 Å². The van der Waals surface area contributed by atoms with Gasteiger partial charge in [-0.2, -0.15) is 0 Å². The van der Waals surface area contributed by atoms with E-state index in [1.165, 1.54) is 26.1 Å². The summed E-state index contributed by atoms with van der Waals surface area (Å²) >= 11 is 0. The van der Waals surface area contributed by atoms with Crippen molar-refractivity contribution in [2.75, 3.05) is 59.5 Å². The van der Waals surface area contributed by atoms with Crippen LogP contribution < -0.4 is 5.32 Å². The van der Waals surface area contributed by atoms with Crippen molar-refractivity contribution in [3.05, 3.63) is 0 Å². The van der Waals surface area contributed by atoms with Crippen LogP contribution in [0, 0.1) is 5.92 Å². The Bertz CT molecular complexity index is 229. The van der Waals surface area contributed by atoms with E-state index in [1.54, 1.807) is 0 Å². The van der Waals surface area contributed by atoms with Crippen molar-refractivity contribution in [1.29, 1.82) is 0 Å². The van der Waals surface area contributed by atoms with Crippen LogP contribution in [0.5, 0.6) is 0 Å². The molecule has 0 amide bonds. The summed E-state index contributed by atoms with van der Waals surface area (Å²) in [7, 11) is 2.21. The molecule has 0 bridgehead atoms. The number of ether oxygens (including phenoxy) is 1. The fraction of sp³-hybridized carbons (Fsp3) is 1.00. The van der Waals surface area contributed by atoms with Crippen LogP contribution in [-0.2, 0) is 4.74 Å². The summed E-state index contributed by atoms with van der Waals surface area (Å²) in [5, 5.41) is 3.50. The molecule has 1 rings (SSSR count). The molecule has 0 aromatic heterocycles. The van der Waals surface area contributed by atoms with Crippen LogP contribution in [0.25, 0.3) is 0 Å². The van der Waals surface area contributed by atoms with Crippen LogP contribution >= 0.6 is 0 Å². The van der Waals surface area contributed by atoms with Crippen molar-refractivity contribution in [2.24, 2.45) is 5.92 Å². The SMILES string of the molecule is CCCN(C)CCN1CCO[C@H](CNCC(C)C)C1.[HH]. The highest BCUT2D eigenvalue weighted by Gasteiger charge is 2.20. The van der Waals surface area contributed by atoms with Crippen LogP contribution in [0.3, 0.4) is 0 Å². The molecular formula is C15H35N3O. The Morgan fingerprint density at radius 1 is 1.42 bits per heavy atom. The van der Waals surface area contributed by atoms with E-state index in [4.69, 9.17) is 4.74 Å². The van der Waals surface area contributed by atoms with E-state index >= 15 is 0 Å². The number of likely N-dealkylation sites (N-methyl/N-ethyl adjacent to an activating group) is 1. The summed E-state index contributed by atoms with van der Waals surface area (Å²) in [6.45, 7) is 15.4. The molecule has 0 aliphatic carbocycles. The first-order valence-corrected chi connectivity index (χ1v) is 7.85. The van der Waals surface area contributed by atoms with Gasteiger partial charge >= 0.3 is 0 Å². The second-order valence-corrected chi connectivity index (χ2v) is 6.15. The fourth-order valence-corrected chi connectivity index (χ4v) is 2.45. The third-order valence-electron chi connectivity index (χ3n) is 3.55. The van der Waals surface area contributed by atoms with Crippen molar-refractivity contribution in [3.63, 3.8) is 0 Å². The first kappa shape index (κ1) is 16.9. The van der Waals surface area contributed by atoms with Crippen LogP contribution in [0.2, 0.25) is 0 Å². The molecule has 0 spiro atoms. The lowest BCUT2D eigenvalue weighted by Gasteiger charge is -2.34. The normalized spacial score (nSPS) is 21.5. The minimum atomic E-state index is 0. The van der Waals surface area contributed by atoms with Gasteiger partial charge in [0.05, 0.1) is 12.7 Å². The summed E-state index contributed by atoms with van der Waals surface area (Å²) in [5.74, 6) is 0.711. The molecule has 0 saturated carbocycles. The number of nitrogens with zero attached hydrogens (tertiary/aromatic N) is 2. The molecule has 4 nitrogen and oxygen atoms in total.